The predicted octanol–water partition coefficient (Wildman–Crippen LogP) is 0.376. The number of nitrogens with one attached hydrogen (secondary N) is 1. The van der Waals surface area contributed by atoms with Gasteiger partial charge in [0, 0.05) is 37.3 Å². The van der Waals surface area contributed by atoms with Crippen LogP contribution < -0.4 is 16.0 Å². The van der Waals surface area contributed by atoms with E-state index in [1.54, 1.807) is 68.3 Å². The number of fused-ring (bicyclic) bond motifs is 3. The Labute approximate surface area is 248 Å². The Hall–Kier alpha value is -4.26. The van der Waals surface area contributed by atoms with Gasteiger partial charge in [-0.05, 0) is 50.0 Å². The number of nitrogens with zero attached hydrogens (tertiary/aromatic N) is 2. The first-order valence-electron chi connectivity index (χ1n) is 14.0. The Bertz CT molecular complexity index is 1550. The summed E-state index contributed by atoms with van der Waals surface area (Å²) in [7, 11) is 6.71. The van der Waals surface area contributed by atoms with Crippen molar-refractivity contribution in [2.45, 2.75) is 37.0 Å². The van der Waals surface area contributed by atoms with Crippen molar-refractivity contribution in [2.75, 3.05) is 38.4 Å². The molecule has 7 N–H and O–H groups in total. The van der Waals surface area contributed by atoms with Gasteiger partial charge >= 0.3 is 0 Å². The van der Waals surface area contributed by atoms with E-state index >= 15 is 0 Å². The number of primary amides is 1. The second-order valence-electron chi connectivity index (χ2n) is 12.0. The number of carbonyl (C=O) groups is 4. The molecule has 2 aromatic rings. The molecule has 3 aliphatic carbocycles. The summed E-state index contributed by atoms with van der Waals surface area (Å²) in [5, 5.41) is 48.4. The minimum atomic E-state index is -2.74. The number of anilines is 2. The zero-order chi connectivity index (χ0) is 31.5. The lowest BCUT2D eigenvalue weighted by Gasteiger charge is -2.53. The van der Waals surface area contributed by atoms with Crippen molar-refractivity contribution >= 4 is 40.5 Å². The highest BCUT2D eigenvalue weighted by molar-refractivity contribution is 6.25. The highest BCUT2D eigenvalue weighted by Gasteiger charge is 2.67. The molecule has 2 fully saturated rings. The molecule has 43 heavy (non-hydrogen) atoms. The zero-order valence-corrected chi connectivity index (χ0v) is 24.4. The van der Waals surface area contributed by atoms with Crippen LogP contribution in [0.3, 0.4) is 0 Å². The summed E-state index contributed by atoms with van der Waals surface area (Å²) in [6, 6.07) is 9.61. The minimum absolute atomic E-state index is 0.00663. The largest absolute Gasteiger partial charge is 0.507 e. The Morgan fingerprint density at radius 1 is 1.09 bits per heavy atom. The molecule has 0 heterocycles. The third-order valence-corrected chi connectivity index (χ3v) is 9.03. The van der Waals surface area contributed by atoms with E-state index in [0.29, 0.717) is 11.3 Å². The molecule has 2 amide bonds. The van der Waals surface area contributed by atoms with Gasteiger partial charge in [0.1, 0.15) is 17.4 Å². The van der Waals surface area contributed by atoms with E-state index in [-0.39, 0.29) is 36.1 Å². The number of phenols is 1. The van der Waals surface area contributed by atoms with Crippen molar-refractivity contribution < 1.29 is 39.6 Å². The molecule has 2 saturated carbocycles. The average molecular weight is 593 g/mol. The van der Waals surface area contributed by atoms with Gasteiger partial charge in [-0.1, -0.05) is 30.3 Å². The maximum Gasteiger partial charge on any atom is 0.230 e. The van der Waals surface area contributed by atoms with Gasteiger partial charge in [-0.25, -0.2) is 0 Å². The van der Waals surface area contributed by atoms with Crippen LogP contribution in [0.15, 0.2) is 42.0 Å². The lowest BCUT2D eigenvalue weighted by atomic mass is 9.54. The zero-order valence-electron chi connectivity index (χ0n) is 24.4. The lowest BCUT2D eigenvalue weighted by Crippen LogP contribution is -2.73. The van der Waals surface area contributed by atoms with E-state index in [9.17, 15) is 39.6 Å². The first kappa shape index (κ1) is 30.2. The van der Waals surface area contributed by atoms with Gasteiger partial charge < -0.3 is 41.3 Å². The normalized spacial score (nSPS) is 28.2. The molecule has 0 aliphatic heterocycles. The van der Waals surface area contributed by atoms with Crippen molar-refractivity contribution in [3.63, 3.8) is 0 Å². The molecule has 2 aromatic carbocycles. The second-order valence-corrected chi connectivity index (χ2v) is 12.0. The lowest BCUT2D eigenvalue weighted by molar-refractivity contribution is -0.184. The van der Waals surface area contributed by atoms with E-state index in [1.807, 2.05) is 6.07 Å². The SMILES string of the molecule is CN(C)c1cc(NC(=O)Cc2ccccc2)c(O)c2c1C[C@@H]1C[C@@H]3[C@@H](N(C)C)C(O)C(C(N)=O)C(=O)[C@]3(O)C(=O)C1=C2O. The molecular weight excluding hydrogens is 556 g/mol. The number of carbonyl (C=O) groups excluding carboxylic acids is 4. The van der Waals surface area contributed by atoms with E-state index < -0.39 is 70.4 Å². The van der Waals surface area contributed by atoms with Gasteiger partial charge in [-0.3, -0.25) is 19.2 Å². The van der Waals surface area contributed by atoms with Crippen LogP contribution in [0, 0.1) is 17.8 Å². The summed E-state index contributed by atoms with van der Waals surface area (Å²) in [6.45, 7) is 0. The number of aliphatic hydroxyl groups excluding tert-OH is 2. The first-order chi connectivity index (χ1) is 20.2. The molecule has 5 rings (SSSR count). The standard InChI is InChI=1S/C31H36N4O8/c1-34(2)19-13-18(33-20(36)10-14-8-6-5-7-9-14)25(37)22-16(19)11-15-12-17-24(35(3)4)27(39)23(30(32)42)29(41)31(17,43)28(40)21(15)26(22)38/h5-9,13,15,17,23-24,27,37-39,43H,10-12H2,1-4H3,(H2,32,42)(H,33,36)/t15-,17-,23?,24-,27?,31-/m1/s1. The number of hydrogen-bond acceptors (Lipinski definition) is 10. The smallest absolute Gasteiger partial charge is 0.230 e. The van der Waals surface area contributed by atoms with Gasteiger partial charge in [0.05, 0.1) is 23.8 Å². The number of aliphatic hydroxyl groups is 3. The molecule has 228 valence electrons. The molecule has 6 atom stereocenters. The van der Waals surface area contributed by atoms with Gasteiger partial charge in [-0.2, -0.15) is 0 Å². The van der Waals surface area contributed by atoms with Crippen molar-refractivity contribution in [3.05, 3.63) is 58.7 Å². The average Bonchev–Trinajstić information content (AvgIpc) is 2.92. The number of likely N-dealkylation sites (N-methyl/N-ethyl adjacent to an activating group) is 1. The van der Waals surface area contributed by atoms with Crippen molar-refractivity contribution in [3.8, 4) is 5.75 Å². The van der Waals surface area contributed by atoms with Crippen LogP contribution in [-0.2, 0) is 32.0 Å². The van der Waals surface area contributed by atoms with Crippen LogP contribution in [-0.4, -0.2) is 94.6 Å². The topological polar surface area (TPSA) is 194 Å². The number of nitrogens with two attached hydrogens (primary N) is 1. The fourth-order valence-electron chi connectivity index (χ4n) is 7.12. The Morgan fingerprint density at radius 3 is 2.33 bits per heavy atom. The molecule has 0 spiro atoms. The van der Waals surface area contributed by atoms with Crippen LogP contribution >= 0.6 is 0 Å². The van der Waals surface area contributed by atoms with Gasteiger partial charge in [0.15, 0.2) is 11.4 Å². The number of amides is 2. The van der Waals surface area contributed by atoms with Crippen molar-refractivity contribution in [1.29, 1.82) is 0 Å². The summed E-state index contributed by atoms with van der Waals surface area (Å²) in [5.41, 5.74) is 4.17. The fraction of sp³-hybridized carbons (Fsp3) is 0.419. The molecule has 0 radical (unpaired) electrons. The summed E-state index contributed by atoms with van der Waals surface area (Å²) in [4.78, 5) is 56.0. The van der Waals surface area contributed by atoms with Crippen LogP contribution in [0.4, 0.5) is 11.4 Å². The number of benzene rings is 2. The first-order valence-corrected chi connectivity index (χ1v) is 14.0. The second kappa shape index (κ2) is 10.8. The summed E-state index contributed by atoms with van der Waals surface area (Å²) in [6.07, 6.45) is -1.37. The van der Waals surface area contributed by atoms with E-state index in [0.717, 1.165) is 5.56 Å². The van der Waals surface area contributed by atoms with Crippen LogP contribution in [0.2, 0.25) is 0 Å². The van der Waals surface area contributed by atoms with E-state index in [1.165, 1.54) is 0 Å². The third kappa shape index (κ3) is 4.66. The number of Topliss-reactive ketones (excluding diaryl/α,β-unsaturated/α-hetero) is 2. The summed E-state index contributed by atoms with van der Waals surface area (Å²) in [5.74, 6) is -8.65. The number of ketones is 2. The number of rotatable bonds is 6. The number of aromatic hydroxyl groups is 1. The van der Waals surface area contributed by atoms with E-state index in [4.69, 9.17) is 5.73 Å². The maximum atomic E-state index is 14.1. The Morgan fingerprint density at radius 2 is 1.74 bits per heavy atom. The predicted molar refractivity (Wildman–Crippen MR) is 157 cm³/mol. The molecule has 3 aliphatic rings. The van der Waals surface area contributed by atoms with Gasteiger partial charge in [0.25, 0.3) is 0 Å². The van der Waals surface area contributed by atoms with E-state index in [2.05, 4.69) is 5.32 Å². The highest BCUT2D eigenvalue weighted by atomic mass is 16.3. The van der Waals surface area contributed by atoms with Gasteiger partial charge in [-0.15, -0.1) is 0 Å². The minimum Gasteiger partial charge on any atom is -0.507 e. The molecule has 0 aromatic heterocycles. The van der Waals surface area contributed by atoms with Crippen molar-refractivity contribution in [1.82, 2.24) is 4.90 Å². The van der Waals surface area contributed by atoms with Crippen LogP contribution in [0.25, 0.3) is 5.76 Å². The molecule has 12 heteroatoms. The third-order valence-electron chi connectivity index (χ3n) is 9.03. The highest BCUT2D eigenvalue weighted by Crippen LogP contribution is 2.54. The summed E-state index contributed by atoms with van der Waals surface area (Å²) < 4.78 is 0. The van der Waals surface area contributed by atoms with Crippen LogP contribution in [0.1, 0.15) is 23.1 Å². The molecule has 12 nitrogen and oxygen atoms in total. The molecule has 0 bridgehead atoms. The molecule has 2 unspecified atom stereocenters. The fourth-order valence-corrected chi connectivity index (χ4v) is 7.12. The number of hydrogen-bond donors (Lipinski definition) is 6. The monoisotopic (exact) mass is 592 g/mol. The molecule has 0 saturated heterocycles. The number of phenolic OH excluding ortho intramolecular Hbond substituents is 1. The summed E-state index contributed by atoms with van der Waals surface area (Å²) >= 11 is 0. The Kier molecular flexibility index (Phi) is 7.57. The van der Waals surface area contributed by atoms with Crippen LogP contribution in [0.5, 0.6) is 5.75 Å². The van der Waals surface area contributed by atoms with Crippen molar-refractivity contribution in [2.24, 2.45) is 23.5 Å². The quantitative estimate of drug-likeness (QED) is 0.202. The Balaban J connectivity index is 1.62. The molecular formula is C31H36N4O8. The van der Waals surface area contributed by atoms with Gasteiger partial charge in [0.2, 0.25) is 17.6 Å². The maximum absolute atomic E-state index is 14.1.